The molecular weight excluding hydrogens is 224 g/mol. The predicted molar refractivity (Wildman–Crippen MR) is 62.4 cm³/mol. The van der Waals surface area contributed by atoms with E-state index >= 15 is 0 Å². The maximum Gasteiger partial charge on any atom is 0.165 e. The van der Waals surface area contributed by atoms with E-state index in [-0.39, 0.29) is 5.75 Å². The van der Waals surface area contributed by atoms with Gasteiger partial charge in [-0.3, -0.25) is 0 Å². The molecule has 17 heavy (non-hydrogen) atoms. The minimum absolute atomic E-state index is 0.258. The van der Waals surface area contributed by atoms with Crippen molar-refractivity contribution in [3.8, 4) is 5.75 Å². The molecule has 0 bridgehead atoms. The van der Waals surface area contributed by atoms with Crippen molar-refractivity contribution in [1.82, 2.24) is 5.32 Å². The molecule has 94 valence electrons. The van der Waals surface area contributed by atoms with Gasteiger partial charge in [0.2, 0.25) is 0 Å². The van der Waals surface area contributed by atoms with Gasteiger partial charge >= 0.3 is 0 Å². The van der Waals surface area contributed by atoms with Crippen LogP contribution in [0.5, 0.6) is 5.75 Å². The second kappa shape index (κ2) is 5.45. The van der Waals surface area contributed by atoms with Gasteiger partial charge in [0.25, 0.3) is 0 Å². The molecule has 1 aliphatic rings. The van der Waals surface area contributed by atoms with E-state index in [9.17, 15) is 8.78 Å². The van der Waals surface area contributed by atoms with Gasteiger partial charge < -0.3 is 10.1 Å². The fraction of sp³-hybridized carbons (Fsp3) is 0.538. The minimum Gasteiger partial charge on any atom is -0.493 e. The number of hydrogen-bond acceptors (Lipinski definition) is 2. The van der Waals surface area contributed by atoms with Crippen LogP contribution < -0.4 is 10.1 Å². The normalized spacial score (nSPS) is 19.6. The highest BCUT2D eigenvalue weighted by Crippen LogP contribution is 2.28. The van der Waals surface area contributed by atoms with E-state index in [1.54, 1.807) is 6.07 Å². The molecule has 1 saturated heterocycles. The number of ether oxygens (including phenoxy) is 1. The van der Waals surface area contributed by atoms with Crippen LogP contribution in [0.2, 0.25) is 0 Å². The Morgan fingerprint density at radius 3 is 2.88 bits per heavy atom. The van der Waals surface area contributed by atoms with E-state index in [2.05, 4.69) is 5.32 Å². The van der Waals surface area contributed by atoms with Gasteiger partial charge in [0.15, 0.2) is 11.6 Å². The molecule has 1 aromatic carbocycles. The molecule has 1 aromatic rings. The predicted octanol–water partition coefficient (Wildman–Crippen LogP) is 2.46. The van der Waals surface area contributed by atoms with Crippen LogP contribution >= 0.6 is 0 Å². The van der Waals surface area contributed by atoms with Crippen molar-refractivity contribution in [1.29, 1.82) is 0 Å². The SMILES string of the molecule is COc1c(F)cc(CF)cc1CC1CCNC1. The van der Waals surface area contributed by atoms with Gasteiger partial charge in [-0.15, -0.1) is 0 Å². The van der Waals surface area contributed by atoms with E-state index in [0.29, 0.717) is 11.5 Å². The standard InChI is InChI=1S/C13H17F2NO/c1-17-13-11(4-9-2-3-16-8-9)5-10(7-14)6-12(13)15/h5-6,9,16H,2-4,7-8H2,1H3. The molecule has 0 saturated carbocycles. The number of rotatable bonds is 4. The fourth-order valence-corrected chi connectivity index (χ4v) is 2.37. The highest BCUT2D eigenvalue weighted by Gasteiger charge is 2.19. The van der Waals surface area contributed by atoms with Crippen LogP contribution in [0.3, 0.4) is 0 Å². The summed E-state index contributed by atoms with van der Waals surface area (Å²) in [6.45, 7) is 1.29. The van der Waals surface area contributed by atoms with Crippen molar-refractivity contribution < 1.29 is 13.5 Å². The van der Waals surface area contributed by atoms with Gasteiger partial charge in [0.1, 0.15) is 6.67 Å². The Balaban J connectivity index is 2.25. The molecule has 1 aliphatic heterocycles. The zero-order chi connectivity index (χ0) is 12.3. The lowest BCUT2D eigenvalue weighted by atomic mass is 9.96. The number of benzene rings is 1. The van der Waals surface area contributed by atoms with Crippen LogP contribution in [0.15, 0.2) is 12.1 Å². The number of alkyl halides is 1. The molecule has 1 heterocycles. The summed E-state index contributed by atoms with van der Waals surface area (Å²) in [5.74, 6) is 0.274. The molecule has 0 aromatic heterocycles. The summed E-state index contributed by atoms with van der Waals surface area (Å²) < 4.78 is 31.3. The maximum atomic E-state index is 13.7. The molecule has 2 nitrogen and oxygen atoms in total. The molecular formula is C13H17F2NO. The van der Waals surface area contributed by atoms with Crippen molar-refractivity contribution in [3.05, 3.63) is 29.1 Å². The topological polar surface area (TPSA) is 21.3 Å². The summed E-state index contributed by atoms with van der Waals surface area (Å²) in [6, 6.07) is 2.91. The van der Waals surface area contributed by atoms with Gasteiger partial charge in [-0.05, 0) is 55.1 Å². The molecule has 1 atom stereocenters. The lowest BCUT2D eigenvalue weighted by molar-refractivity contribution is 0.376. The van der Waals surface area contributed by atoms with Gasteiger partial charge in [0, 0.05) is 0 Å². The summed E-state index contributed by atoms with van der Waals surface area (Å²) in [5, 5.41) is 3.26. The molecule has 1 unspecified atom stereocenters. The monoisotopic (exact) mass is 241 g/mol. The Labute approximate surface area is 100.0 Å². The Morgan fingerprint density at radius 2 is 2.29 bits per heavy atom. The first kappa shape index (κ1) is 12.3. The van der Waals surface area contributed by atoms with Gasteiger partial charge in [0.05, 0.1) is 7.11 Å². The largest absolute Gasteiger partial charge is 0.493 e. The molecule has 2 rings (SSSR count). The van der Waals surface area contributed by atoms with Crippen LogP contribution in [0.25, 0.3) is 0 Å². The zero-order valence-electron chi connectivity index (χ0n) is 9.93. The van der Waals surface area contributed by atoms with Crippen LogP contribution in [-0.2, 0) is 13.1 Å². The van der Waals surface area contributed by atoms with Crippen molar-refractivity contribution in [2.45, 2.75) is 19.5 Å². The average Bonchev–Trinajstić information content (AvgIpc) is 2.81. The summed E-state index contributed by atoms with van der Waals surface area (Å²) in [6.07, 6.45) is 1.81. The van der Waals surface area contributed by atoms with Crippen LogP contribution in [0.1, 0.15) is 17.5 Å². The van der Waals surface area contributed by atoms with E-state index in [0.717, 1.165) is 31.5 Å². The van der Waals surface area contributed by atoms with Crippen molar-refractivity contribution in [2.24, 2.45) is 5.92 Å². The minimum atomic E-state index is -0.642. The highest BCUT2D eigenvalue weighted by molar-refractivity contribution is 5.39. The number of halogens is 2. The maximum absolute atomic E-state index is 13.7. The smallest absolute Gasteiger partial charge is 0.165 e. The number of methoxy groups -OCH3 is 1. The lowest BCUT2D eigenvalue weighted by Crippen LogP contribution is -2.11. The quantitative estimate of drug-likeness (QED) is 0.874. The second-order valence-corrected chi connectivity index (χ2v) is 4.47. The summed E-state index contributed by atoms with van der Waals surface area (Å²) in [5.41, 5.74) is 1.15. The Kier molecular flexibility index (Phi) is 3.94. The van der Waals surface area contributed by atoms with Crippen molar-refractivity contribution in [3.63, 3.8) is 0 Å². The molecule has 1 fully saturated rings. The van der Waals surface area contributed by atoms with Crippen molar-refractivity contribution >= 4 is 0 Å². The average molecular weight is 241 g/mol. The molecule has 0 spiro atoms. The van der Waals surface area contributed by atoms with E-state index in [4.69, 9.17) is 4.74 Å². The Morgan fingerprint density at radius 1 is 1.47 bits per heavy atom. The molecule has 1 N–H and O–H groups in total. The fourth-order valence-electron chi connectivity index (χ4n) is 2.37. The molecule has 4 heteroatoms. The third-order valence-corrected chi connectivity index (χ3v) is 3.21. The third kappa shape index (κ3) is 2.75. The first-order valence-electron chi connectivity index (χ1n) is 5.86. The van der Waals surface area contributed by atoms with Gasteiger partial charge in [-0.2, -0.15) is 0 Å². The summed E-state index contributed by atoms with van der Waals surface area (Å²) in [7, 11) is 1.45. The molecule has 0 radical (unpaired) electrons. The zero-order valence-corrected chi connectivity index (χ0v) is 9.93. The highest BCUT2D eigenvalue weighted by atomic mass is 19.1. The van der Waals surface area contributed by atoms with Crippen LogP contribution in [-0.4, -0.2) is 20.2 Å². The molecule has 0 aliphatic carbocycles. The number of nitrogens with one attached hydrogen (secondary N) is 1. The first-order valence-corrected chi connectivity index (χ1v) is 5.86. The first-order chi connectivity index (χ1) is 8.24. The summed E-state index contributed by atoms with van der Waals surface area (Å²) in [4.78, 5) is 0. The third-order valence-electron chi connectivity index (χ3n) is 3.21. The van der Waals surface area contributed by atoms with Crippen LogP contribution in [0.4, 0.5) is 8.78 Å². The Bertz CT molecular complexity index is 389. The summed E-state index contributed by atoms with van der Waals surface area (Å²) >= 11 is 0. The van der Waals surface area contributed by atoms with E-state index < -0.39 is 12.5 Å². The second-order valence-electron chi connectivity index (χ2n) is 4.47. The van der Waals surface area contributed by atoms with Crippen molar-refractivity contribution in [2.75, 3.05) is 20.2 Å². The van der Waals surface area contributed by atoms with E-state index in [1.807, 2.05) is 0 Å². The Hall–Kier alpha value is -1.16. The molecule has 0 amide bonds. The number of hydrogen-bond donors (Lipinski definition) is 1. The lowest BCUT2D eigenvalue weighted by Gasteiger charge is -2.14. The van der Waals surface area contributed by atoms with Gasteiger partial charge in [-0.1, -0.05) is 0 Å². The van der Waals surface area contributed by atoms with Gasteiger partial charge in [-0.25, -0.2) is 8.78 Å². The van der Waals surface area contributed by atoms with E-state index in [1.165, 1.54) is 13.2 Å². The van der Waals surface area contributed by atoms with Crippen LogP contribution in [0, 0.1) is 11.7 Å².